The molecule has 2 N–H and O–H groups in total. The van der Waals surface area contributed by atoms with Crippen LogP contribution in [-0.2, 0) is 6.54 Å². The third-order valence-corrected chi connectivity index (χ3v) is 3.22. The lowest BCUT2D eigenvalue weighted by Gasteiger charge is -2.14. The molecule has 0 aliphatic carbocycles. The van der Waals surface area contributed by atoms with E-state index in [0.717, 1.165) is 17.9 Å². The number of guanidine groups is 1. The van der Waals surface area contributed by atoms with Crippen LogP contribution < -0.4 is 15.4 Å². The maximum Gasteiger partial charge on any atom is 0.390 e. The van der Waals surface area contributed by atoms with Gasteiger partial charge in [-0.1, -0.05) is 18.2 Å². The van der Waals surface area contributed by atoms with E-state index in [0.29, 0.717) is 25.7 Å². The quantitative estimate of drug-likeness (QED) is 0.319. The van der Waals surface area contributed by atoms with E-state index >= 15 is 0 Å². The normalized spacial score (nSPS) is 11.9. The van der Waals surface area contributed by atoms with Gasteiger partial charge in [0.25, 0.3) is 0 Å². The number of para-hydroxylation sites is 1. The maximum atomic E-state index is 12.3. The van der Waals surface area contributed by atoms with Gasteiger partial charge in [0.2, 0.25) is 0 Å². The first-order valence-electron chi connectivity index (χ1n) is 8.26. The van der Waals surface area contributed by atoms with E-state index in [-0.39, 0.29) is 30.5 Å². The molecule has 0 radical (unpaired) electrons. The van der Waals surface area contributed by atoms with Crippen LogP contribution in [0, 0.1) is 0 Å². The van der Waals surface area contributed by atoms with E-state index in [9.17, 15) is 13.2 Å². The summed E-state index contributed by atoms with van der Waals surface area (Å²) in [6, 6.07) is 7.52. The van der Waals surface area contributed by atoms with Crippen molar-refractivity contribution in [2.75, 3.05) is 40.3 Å². The lowest BCUT2D eigenvalue weighted by molar-refractivity contribution is -0.132. The fraction of sp³-hybridized carbons (Fsp3) is 0.588. The minimum absolute atomic E-state index is 0. The van der Waals surface area contributed by atoms with Crippen molar-refractivity contribution in [3.63, 3.8) is 0 Å². The van der Waals surface area contributed by atoms with E-state index in [1.807, 2.05) is 50.2 Å². The van der Waals surface area contributed by atoms with Crippen LogP contribution in [0.1, 0.15) is 18.9 Å². The SMILES string of the molecule is CCNC(=NCc1ccccc1OCCN(C)C)NCCC(F)(F)F.I. The molecule has 1 aromatic carbocycles. The topological polar surface area (TPSA) is 48.9 Å². The van der Waals surface area contributed by atoms with Gasteiger partial charge in [0.15, 0.2) is 5.96 Å². The van der Waals surface area contributed by atoms with Gasteiger partial charge in [-0.3, -0.25) is 0 Å². The summed E-state index contributed by atoms with van der Waals surface area (Å²) < 4.78 is 42.5. The van der Waals surface area contributed by atoms with Crippen molar-refractivity contribution in [2.24, 2.45) is 4.99 Å². The molecule has 0 amide bonds. The highest BCUT2D eigenvalue weighted by Gasteiger charge is 2.26. The number of halogens is 4. The van der Waals surface area contributed by atoms with Gasteiger partial charge in [0.1, 0.15) is 12.4 Å². The fourth-order valence-electron chi connectivity index (χ4n) is 1.94. The number of aliphatic imine (C=N–C) groups is 1. The smallest absolute Gasteiger partial charge is 0.390 e. The molecule has 0 unspecified atom stereocenters. The molecule has 1 rings (SSSR count). The molecule has 0 aromatic heterocycles. The maximum absolute atomic E-state index is 12.3. The zero-order valence-corrected chi connectivity index (χ0v) is 17.7. The third kappa shape index (κ3) is 11.4. The van der Waals surface area contributed by atoms with Crippen molar-refractivity contribution in [2.45, 2.75) is 26.1 Å². The minimum atomic E-state index is -4.18. The van der Waals surface area contributed by atoms with Crippen LogP contribution in [0.2, 0.25) is 0 Å². The Bertz CT molecular complexity index is 539. The molecular formula is C17H28F3IN4O. The molecule has 0 heterocycles. The molecule has 9 heteroatoms. The standard InChI is InChI=1S/C17H27F3N4O.HI/c1-4-21-16(22-10-9-17(18,19)20)23-13-14-7-5-6-8-15(14)25-12-11-24(2)3;/h5-8H,4,9-13H2,1-3H3,(H2,21,22,23);1H. The third-order valence-electron chi connectivity index (χ3n) is 3.22. The number of nitrogens with one attached hydrogen (secondary N) is 2. The summed E-state index contributed by atoms with van der Waals surface area (Å²) in [4.78, 5) is 6.37. The Morgan fingerprint density at radius 3 is 2.50 bits per heavy atom. The van der Waals surface area contributed by atoms with Gasteiger partial charge in [-0.05, 0) is 27.1 Å². The Hall–Kier alpha value is -1.23. The Morgan fingerprint density at radius 2 is 1.88 bits per heavy atom. The number of likely N-dealkylation sites (N-methyl/N-ethyl adjacent to an activating group) is 1. The number of benzene rings is 1. The first-order valence-corrected chi connectivity index (χ1v) is 8.26. The number of ether oxygens (including phenoxy) is 1. The van der Waals surface area contributed by atoms with E-state index in [2.05, 4.69) is 15.6 Å². The van der Waals surface area contributed by atoms with Crippen molar-refractivity contribution in [1.29, 1.82) is 0 Å². The van der Waals surface area contributed by atoms with Crippen LogP contribution in [0.25, 0.3) is 0 Å². The van der Waals surface area contributed by atoms with Crippen LogP contribution in [0.4, 0.5) is 13.2 Å². The van der Waals surface area contributed by atoms with E-state index < -0.39 is 12.6 Å². The average Bonchev–Trinajstić information content (AvgIpc) is 2.52. The summed E-state index contributed by atoms with van der Waals surface area (Å²) in [7, 11) is 3.93. The van der Waals surface area contributed by atoms with Gasteiger partial charge in [0.05, 0.1) is 13.0 Å². The first kappa shape index (κ1) is 24.8. The number of nitrogens with zero attached hydrogens (tertiary/aromatic N) is 2. The number of rotatable bonds is 9. The molecule has 0 saturated heterocycles. The first-order chi connectivity index (χ1) is 11.8. The molecule has 0 spiro atoms. The Labute approximate surface area is 170 Å². The van der Waals surface area contributed by atoms with E-state index in [1.165, 1.54) is 0 Å². The summed E-state index contributed by atoms with van der Waals surface area (Å²) >= 11 is 0. The lowest BCUT2D eigenvalue weighted by Crippen LogP contribution is -2.38. The number of hydrogen-bond acceptors (Lipinski definition) is 3. The summed E-state index contributed by atoms with van der Waals surface area (Å²) in [6.45, 7) is 3.88. The van der Waals surface area contributed by atoms with Crippen LogP contribution >= 0.6 is 24.0 Å². The van der Waals surface area contributed by atoms with E-state index in [4.69, 9.17) is 4.74 Å². The number of alkyl halides is 3. The second-order valence-corrected chi connectivity index (χ2v) is 5.75. The fourth-order valence-corrected chi connectivity index (χ4v) is 1.94. The highest BCUT2D eigenvalue weighted by atomic mass is 127. The van der Waals surface area contributed by atoms with Crippen molar-refractivity contribution in [3.05, 3.63) is 29.8 Å². The van der Waals surface area contributed by atoms with E-state index in [1.54, 1.807) is 0 Å². The number of hydrogen-bond donors (Lipinski definition) is 2. The van der Waals surface area contributed by atoms with Gasteiger partial charge in [-0.15, -0.1) is 24.0 Å². The molecule has 150 valence electrons. The zero-order valence-electron chi connectivity index (χ0n) is 15.4. The van der Waals surface area contributed by atoms with Crippen LogP contribution in [-0.4, -0.2) is 57.4 Å². The highest BCUT2D eigenvalue weighted by Crippen LogP contribution is 2.19. The second kappa shape index (κ2) is 13.0. The van der Waals surface area contributed by atoms with Crippen molar-refractivity contribution >= 4 is 29.9 Å². The summed E-state index contributed by atoms with van der Waals surface area (Å²) in [5.41, 5.74) is 0.884. The van der Waals surface area contributed by atoms with Crippen LogP contribution in [0.5, 0.6) is 5.75 Å². The molecule has 5 nitrogen and oxygen atoms in total. The molecular weight excluding hydrogens is 460 g/mol. The molecule has 0 fully saturated rings. The molecule has 0 atom stereocenters. The molecule has 0 bridgehead atoms. The van der Waals surface area contributed by atoms with Gasteiger partial charge in [0, 0.05) is 25.2 Å². The monoisotopic (exact) mass is 488 g/mol. The molecule has 0 aliphatic rings. The highest BCUT2D eigenvalue weighted by molar-refractivity contribution is 14.0. The van der Waals surface area contributed by atoms with Gasteiger partial charge >= 0.3 is 6.18 Å². The summed E-state index contributed by atoms with van der Waals surface area (Å²) in [5.74, 6) is 1.09. The summed E-state index contributed by atoms with van der Waals surface area (Å²) in [5, 5.41) is 5.64. The van der Waals surface area contributed by atoms with Gasteiger partial charge in [-0.25, -0.2) is 4.99 Å². The predicted octanol–water partition coefficient (Wildman–Crippen LogP) is 3.25. The predicted molar refractivity (Wildman–Crippen MR) is 109 cm³/mol. The minimum Gasteiger partial charge on any atom is -0.492 e. The van der Waals surface area contributed by atoms with Gasteiger partial charge in [-0.2, -0.15) is 13.2 Å². The van der Waals surface area contributed by atoms with Crippen molar-refractivity contribution in [1.82, 2.24) is 15.5 Å². The zero-order chi connectivity index (χ0) is 18.7. The second-order valence-electron chi connectivity index (χ2n) is 5.75. The molecule has 1 aromatic rings. The van der Waals surface area contributed by atoms with Crippen molar-refractivity contribution in [3.8, 4) is 5.75 Å². The Balaban J connectivity index is 0.00000625. The Kier molecular flexibility index (Phi) is 12.4. The van der Waals surface area contributed by atoms with Crippen LogP contribution in [0.15, 0.2) is 29.3 Å². The molecule has 0 aliphatic heterocycles. The molecule has 26 heavy (non-hydrogen) atoms. The molecule has 0 saturated carbocycles. The average molecular weight is 488 g/mol. The summed E-state index contributed by atoms with van der Waals surface area (Å²) in [6.07, 6.45) is -5.08. The van der Waals surface area contributed by atoms with Gasteiger partial charge < -0.3 is 20.3 Å². The van der Waals surface area contributed by atoms with Crippen molar-refractivity contribution < 1.29 is 17.9 Å². The Morgan fingerprint density at radius 1 is 1.19 bits per heavy atom. The van der Waals surface area contributed by atoms with Crippen LogP contribution in [0.3, 0.4) is 0 Å². The lowest BCUT2D eigenvalue weighted by atomic mass is 10.2. The largest absolute Gasteiger partial charge is 0.492 e.